The van der Waals surface area contributed by atoms with Crippen LogP contribution in [0.4, 0.5) is 5.69 Å². The van der Waals surface area contributed by atoms with Crippen LogP contribution in [0, 0.1) is 0 Å². The van der Waals surface area contributed by atoms with Gasteiger partial charge in [-0.1, -0.05) is 53.5 Å². The van der Waals surface area contributed by atoms with Crippen LogP contribution in [0.25, 0.3) is 22.5 Å². The lowest BCUT2D eigenvalue weighted by molar-refractivity contribution is 0.601. The molecular formula is C19H13Cl2N5O2S. The van der Waals surface area contributed by atoms with Crippen molar-refractivity contribution < 1.29 is 8.42 Å². The Morgan fingerprint density at radius 1 is 0.828 bits per heavy atom. The third-order valence-corrected chi connectivity index (χ3v) is 6.23. The van der Waals surface area contributed by atoms with Gasteiger partial charge in [0.05, 0.1) is 14.9 Å². The van der Waals surface area contributed by atoms with Crippen LogP contribution in [0.15, 0.2) is 71.6 Å². The highest BCUT2D eigenvalue weighted by atomic mass is 35.5. The molecule has 2 N–H and O–H groups in total. The summed E-state index contributed by atoms with van der Waals surface area (Å²) in [5.41, 5.74) is 2.47. The van der Waals surface area contributed by atoms with E-state index in [0.29, 0.717) is 32.7 Å². The average molecular weight is 446 g/mol. The Labute approximate surface area is 176 Å². The Morgan fingerprint density at radius 2 is 1.59 bits per heavy atom. The number of tetrazole rings is 1. The average Bonchev–Trinajstić information content (AvgIpc) is 3.25. The van der Waals surface area contributed by atoms with Gasteiger partial charge in [0.1, 0.15) is 0 Å². The highest BCUT2D eigenvalue weighted by Gasteiger charge is 2.16. The minimum Gasteiger partial charge on any atom is -0.280 e. The van der Waals surface area contributed by atoms with Gasteiger partial charge >= 0.3 is 0 Å². The predicted octanol–water partition coefficient (Wildman–Crippen LogP) is 4.64. The summed E-state index contributed by atoms with van der Waals surface area (Å²) in [4.78, 5) is 0.117. The highest BCUT2D eigenvalue weighted by molar-refractivity contribution is 7.92. The zero-order valence-corrected chi connectivity index (χ0v) is 17.0. The standard InChI is InChI=1S/C19H13Cl2N5O2S/c20-17-8-7-13(11-18(17)21)12-3-2-6-16(10-12)29(27,28)24-15-5-1-4-14(9-15)19-22-25-26-23-19/h1-11,24H,(H,22,23,25,26). The smallest absolute Gasteiger partial charge is 0.261 e. The van der Waals surface area contributed by atoms with Crippen molar-refractivity contribution in [1.82, 2.24) is 20.6 Å². The molecule has 4 rings (SSSR count). The summed E-state index contributed by atoms with van der Waals surface area (Å²) in [5, 5.41) is 14.5. The highest BCUT2D eigenvalue weighted by Crippen LogP contribution is 2.30. The molecule has 0 aliphatic carbocycles. The van der Waals surface area contributed by atoms with Crippen molar-refractivity contribution in [1.29, 1.82) is 0 Å². The summed E-state index contributed by atoms with van der Waals surface area (Å²) < 4.78 is 28.4. The number of aromatic nitrogens is 4. The van der Waals surface area contributed by atoms with Gasteiger partial charge in [0.25, 0.3) is 10.0 Å². The van der Waals surface area contributed by atoms with Crippen molar-refractivity contribution in [2.45, 2.75) is 4.90 Å². The summed E-state index contributed by atoms with van der Waals surface area (Å²) in [6, 6.07) is 18.4. The SMILES string of the molecule is O=S(=O)(Nc1cccc(-c2nn[nH]n2)c1)c1cccc(-c2ccc(Cl)c(Cl)c2)c1. The third-order valence-electron chi connectivity index (χ3n) is 4.12. The molecule has 1 aromatic heterocycles. The zero-order chi connectivity index (χ0) is 20.4. The van der Waals surface area contributed by atoms with Gasteiger partial charge in [-0.05, 0) is 52.7 Å². The number of benzene rings is 3. The Bertz CT molecular complexity index is 1280. The molecule has 7 nitrogen and oxygen atoms in total. The van der Waals surface area contributed by atoms with E-state index in [9.17, 15) is 8.42 Å². The van der Waals surface area contributed by atoms with Gasteiger partial charge in [0, 0.05) is 11.3 Å². The fraction of sp³-hybridized carbons (Fsp3) is 0. The molecular weight excluding hydrogens is 433 g/mol. The summed E-state index contributed by atoms with van der Waals surface area (Å²) >= 11 is 12.0. The maximum absolute atomic E-state index is 12.9. The molecule has 1 heterocycles. The number of aromatic amines is 1. The number of sulfonamides is 1. The maximum atomic E-state index is 12.9. The van der Waals surface area contributed by atoms with E-state index in [1.807, 2.05) is 0 Å². The monoisotopic (exact) mass is 445 g/mol. The van der Waals surface area contributed by atoms with E-state index in [2.05, 4.69) is 25.3 Å². The van der Waals surface area contributed by atoms with Crippen LogP contribution in [0.5, 0.6) is 0 Å². The summed E-state index contributed by atoms with van der Waals surface area (Å²) in [5.74, 6) is 0.368. The van der Waals surface area contributed by atoms with Crippen molar-refractivity contribution in [3.8, 4) is 22.5 Å². The third kappa shape index (κ3) is 4.24. The number of hydrogen-bond acceptors (Lipinski definition) is 5. The molecule has 0 bridgehead atoms. The summed E-state index contributed by atoms with van der Waals surface area (Å²) in [7, 11) is -3.82. The number of nitrogens with one attached hydrogen (secondary N) is 2. The molecule has 10 heteroatoms. The minimum atomic E-state index is -3.82. The molecule has 0 spiro atoms. The molecule has 146 valence electrons. The molecule has 0 saturated heterocycles. The van der Waals surface area contributed by atoms with Gasteiger partial charge in [0.15, 0.2) is 0 Å². The molecule has 0 radical (unpaired) electrons. The number of halogens is 2. The second-order valence-electron chi connectivity index (χ2n) is 6.08. The summed E-state index contributed by atoms with van der Waals surface area (Å²) in [6.07, 6.45) is 0. The van der Waals surface area contributed by atoms with Crippen LogP contribution in [0.3, 0.4) is 0 Å². The lowest BCUT2D eigenvalue weighted by atomic mass is 10.1. The number of rotatable bonds is 5. The summed E-state index contributed by atoms with van der Waals surface area (Å²) in [6.45, 7) is 0. The van der Waals surface area contributed by atoms with Gasteiger partial charge in [-0.25, -0.2) is 8.42 Å². The first kappa shape index (κ1) is 19.4. The Balaban J connectivity index is 1.64. The molecule has 0 fully saturated rings. The van der Waals surface area contributed by atoms with Gasteiger partial charge < -0.3 is 0 Å². The Hall–Kier alpha value is -2.94. The first-order valence-corrected chi connectivity index (χ1v) is 10.6. The molecule has 0 unspecified atom stereocenters. The van der Waals surface area contributed by atoms with Crippen LogP contribution in [0.2, 0.25) is 10.0 Å². The van der Waals surface area contributed by atoms with Gasteiger partial charge in [-0.15, -0.1) is 10.2 Å². The lowest BCUT2D eigenvalue weighted by Crippen LogP contribution is -2.13. The van der Waals surface area contributed by atoms with E-state index in [-0.39, 0.29) is 4.90 Å². The second kappa shape index (κ2) is 7.82. The molecule has 0 amide bonds. The number of nitrogens with zero attached hydrogens (tertiary/aromatic N) is 3. The molecule has 3 aromatic carbocycles. The van der Waals surface area contributed by atoms with Crippen molar-refractivity contribution in [3.05, 3.63) is 76.8 Å². The van der Waals surface area contributed by atoms with Gasteiger partial charge in [-0.2, -0.15) is 5.21 Å². The lowest BCUT2D eigenvalue weighted by Gasteiger charge is -2.11. The topological polar surface area (TPSA) is 101 Å². The fourth-order valence-corrected chi connectivity index (χ4v) is 4.13. The zero-order valence-electron chi connectivity index (χ0n) is 14.7. The molecule has 0 aliphatic rings. The molecule has 0 atom stereocenters. The van der Waals surface area contributed by atoms with Gasteiger partial charge in [0.2, 0.25) is 5.82 Å². The van der Waals surface area contributed by atoms with Crippen molar-refractivity contribution in [3.63, 3.8) is 0 Å². The first-order valence-electron chi connectivity index (χ1n) is 8.34. The molecule has 4 aromatic rings. The van der Waals surface area contributed by atoms with Crippen molar-refractivity contribution >= 4 is 38.9 Å². The maximum Gasteiger partial charge on any atom is 0.261 e. The number of hydrogen-bond donors (Lipinski definition) is 2. The van der Waals surface area contributed by atoms with Crippen molar-refractivity contribution in [2.24, 2.45) is 0 Å². The van der Waals surface area contributed by atoms with E-state index in [1.165, 1.54) is 6.07 Å². The largest absolute Gasteiger partial charge is 0.280 e. The van der Waals surface area contributed by atoms with Crippen LogP contribution < -0.4 is 4.72 Å². The van der Waals surface area contributed by atoms with Crippen LogP contribution >= 0.6 is 23.2 Å². The van der Waals surface area contributed by atoms with E-state index >= 15 is 0 Å². The normalized spacial score (nSPS) is 11.4. The van der Waals surface area contributed by atoms with Crippen LogP contribution in [-0.4, -0.2) is 29.0 Å². The van der Waals surface area contributed by atoms with E-state index < -0.39 is 10.0 Å². The predicted molar refractivity (Wildman–Crippen MR) is 112 cm³/mol. The number of anilines is 1. The van der Waals surface area contributed by atoms with E-state index in [0.717, 1.165) is 5.56 Å². The van der Waals surface area contributed by atoms with Crippen LogP contribution in [0.1, 0.15) is 0 Å². The molecule has 29 heavy (non-hydrogen) atoms. The van der Waals surface area contributed by atoms with Crippen molar-refractivity contribution in [2.75, 3.05) is 4.72 Å². The van der Waals surface area contributed by atoms with Gasteiger partial charge in [-0.3, -0.25) is 4.72 Å². The van der Waals surface area contributed by atoms with E-state index in [4.69, 9.17) is 23.2 Å². The fourth-order valence-electron chi connectivity index (χ4n) is 2.74. The second-order valence-corrected chi connectivity index (χ2v) is 8.58. The van der Waals surface area contributed by atoms with E-state index in [1.54, 1.807) is 60.7 Å². The van der Waals surface area contributed by atoms with Crippen LogP contribution in [-0.2, 0) is 10.0 Å². The quantitative estimate of drug-likeness (QED) is 0.465. The Kier molecular flexibility index (Phi) is 5.23. The molecule has 0 aliphatic heterocycles. The molecule has 0 saturated carbocycles. The minimum absolute atomic E-state index is 0.117. The first-order chi connectivity index (χ1) is 13.9. The Morgan fingerprint density at radius 3 is 2.34 bits per heavy atom. The number of H-pyrrole nitrogens is 1.